The SMILES string of the molecule is O=C(Cn1ncc(=O)c2ccccc21)Nc1nc2c(s1)CCCC2. The third-order valence-corrected chi connectivity index (χ3v) is 5.22. The summed E-state index contributed by atoms with van der Waals surface area (Å²) in [6, 6.07) is 7.16. The fraction of sp³-hybridized carbons (Fsp3) is 0.294. The summed E-state index contributed by atoms with van der Waals surface area (Å²) in [6.45, 7) is 0.0467. The number of aromatic nitrogens is 3. The first kappa shape index (κ1) is 15.0. The van der Waals surface area contributed by atoms with Crippen LogP contribution >= 0.6 is 11.3 Å². The third kappa shape index (κ3) is 2.82. The van der Waals surface area contributed by atoms with E-state index in [1.165, 1.54) is 17.5 Å². The minimum atomic E-state index is -0.192. The average molecular weight is 340 g/mol. The van der Waals surface area contributed by atoms with E-state index in [4.69, 9.17) is 0 Å². The highest BCUT2D eigenvalue weighted by Gasteiger charge is 2.16. The molecule has 3 aromatic rings. The fourth-order valence-electron chi connectivity index (χ4n) is 2.99. The summed E-state index contributed by atoms with van der Waals surface area (Å²) in [5.41, 5.74) is 1.63. The largest absolute Gasteiger partial charge is 0.300 e. The van der Waals surface area contributed by atoms with Gasteiger partial charge in [-0.2, -0.15) is 5.10 Å². The van der Waals surface area contributed by atoms with Gasteiger partial charge < -0.3 is 5.32 Å². The molecular formula is C17H16N4O2S. The van der Waals surface area contributed by atoms with Gasteiger partial charge >= 0.3 is 0 Å². The number of carbonyl (C=O) groups is 1. The van der Waals surface area contributed by atoms with Crippen LogP contribution in [-0.4, -0.2) is 20.7 Å². The Labute approximate surface area is 142 Å². The number of benzene rings is 1. The van der Waals surface area contributed by atoms with Gasteiger partial charge in [-0.05, 0) is 37.8 Å². The molecule has 0 aliphatic heterocycles. The molecule has 1 aromatic carbocycles. The van der Waals surface area contributed by atoms with E-state index in [2.05, 4.69) is 15.4 Å². The van der Waals surface area contributed by atoms with E-state index < -0.39 is 0 Å². The Kier molecular flexibility index (Phi) is 3.86. The molecule has 1 aliphatic rings. The zero-order valence-electron chi connectivity index (χ0n) is 13.0. The van der Waals surface area contributed by atoms with Crippen LogP contribution in [0.15, 0.2) is 35.3 Å². The summed E-state index contributed by atoms with van der Waals surface area (Å²) in [6.07, 6.45) is 5.65. The van der Waals surface area contributed by atoms with E-state index in [0.29, 0.717) is 16.0 Å². The minimum Gasteiger partial charge on any atom is -0.300 e. The standard InChI is InChI=1S/C17H16N4O2S/c22-14-9-18-21(13-7-3-1-5-11(13)14)10-16(23)20-17-19-12-6-2-4-8-15(12)24-17/h1,3,5,7,9H,2,4,6,8,10H2,(H,19,20,23). The lowest BCUT2D eigenvalue weighted by atomic mass is 10.0. The number of para-hydroxylation sites is 1. The molecule has 1 amide bonds. The number of hydrogen-bond acceptors (Lipinski definition) is 5. The van der Waals surface area contributed by atoms with E-state index in [1.807, 2.05) is 6.07 Å². The first-order chi connectivity index (χ1) is 11.7. The Morgan fingerprint density at radius 2 is 2.08 bits per heavy atom. The lowest BCUT2D eigenvalue weighted by Crippen LogP contribution is -2.22. The highest BCUT2D eigenvalue weighted by Crippen LogP contribution is 2.29. The lowest BCUT2D eigenvalue weighted by molar-refractivity contribution is -0.116. The maximum absolute atomic E-state index is 12.3. The number of amides is 1. The van der Waals surface area contributed by atoms with Gasteiger partial charge in [0.1, 0.15) is 6.54 Å². The number of anilines is 1. The van der Waals surface area contributed by atoms with E-state index in [-0.39, 0.29) is 17.9 Å². The second-order valence-corrected chi connectivity index (χ2v) is 6.91. The maximum Gasteiger partial charge on any atom is 0.247 e. The monoisotopic (exact) mass is 340 g/mol. The van der Waals surface area contributed by atoms with Crippen molar-refractivity contribution in [1.29, 1.82) is 0 Å². The number of thiazole rings is 1. The molecule has 0 atom stereocenters. The van der Waals surface area contributed by atoms with Crippen molar-refractivity contribution in [3.05, 3.63) is 51.3 Å². The molecule has 0 saturated carbocycles. The molecule has 2 aromatic heterocycles. The van der Waals surface area contributed by atoms with Crippen molar-refractivity contribution in [2.45, 2.75) is 32.2 Å². The van der Waals surface area contributed by atoms with Gasteiger partial charge in [0.2, 0.25) is 11.3 Å². The van der Waals surface area contributed by atoms with Crippen LogP contribution in [0.2, 0.25) is 0 Å². The highest BCUT2D eigenvalue weighted by molar-refractivity contribution is 7.15. The van der Waals surface area contributed by atoms with Crippen molar-refractivity contribution >= 4 is 33.3 Å². The smallest absolute Gasteiger partial charge is 0.247 e. The summed E-state index contributed by atoms with van der Waals surface area (Å²) in [4.78, 5) is 30.0. The Morgan fingerprint density at radius 1 is 1.25 bits per heavy atom. The molecule has 6 nitrogen and oxygen atoms in total. The quantitative estimate of drug-likeness (QED) is 0.794. The normalized spacial score (nSPS) is 13.7. The number of rotatable bonds is 3. The molecule has 0 fully saturated rings. The van der Waals surface area contributed by atoms with Gasteiger partial charge in [0.25, 0.3) is 0 Å². The Balaban J connectivity index is 1.55. The Morgan fingerprint density at radius 3 is 2.96 bits per heavy atom. The molecule has 4 rings (SSSR count). The molecule has 0 unspecified atom stereocenters. The zero-order chi connectivity index (χ0) is 16.5. The second kappa shape index (κ2) is 6.16. The summed E-state index contributed by atoms with van der Waals surface area (Å²) < 4.78 is 1.54. The molecule has 24 heavy (non-hydrogen) atoms. The molecule has 0 radical (unpaired) electrons. The highest BCUT2D eigenvalue weighted by atomic mass is 32.1. The van der Waals surface area contributed by atoms with Gasteiger partial charge in [-0.1, -0.05) is 12.1 Å². The first-order valence-electron chi connectivity index (χ1n) is 7.94. The van der Waals surface area contributed by atoms with Crippen LogP contribution in [0.1, 0.15) is 23.4 Å². The molecule has 0 bridgehead atoms. The number of nitrogens with one attached hydrogen (secondary N) is 1. The number of fused-ring (bicyclic) bond motifs is 2. The number of aryl methyl sites for hydroxylation is 2. The summed E-state index contributed by atoms with van der Waals surface area (Å²) >= 11 is 1.56. The van der Waals surface area contributed by atoms with Gasteiger partial charge in [0.05, 0.1) is 17.4 Å². The molecule has 7 heteroatoms. The molecule has 0 spiro atoms. The Hall–Kier alpha value is -2.54. The van der Waals surface area contributed by atoms with Crippen molar-refractivity contribution in [2.24, 2.45) is 0 Å². The summed E-state index contributed by atoms with van der Waals surface area (Å²) in [5, 5.41) is 8.15. The average Bonchev–Trinajstić information content (AvgIpc) is 3.00. The molecule has 1 N–H and O–H groups in total. The lowest BCUT2D eigenvalue weighted by Gasteiger charge is -2.08. The second-order valence-electron chi connectivity index (χ2n) is 5.83. The molecular weight excluding hydrogens is 324 g/mol. The van der Waals surface area contributed by atoms with Crippen LogP contribution in [0.5, 0.6) is 0 Å². The summed E-state index contributed by atoms with van der Waals surface area (Å²) in [7, 11) is 0. The predicted molar refractivity (Wildman–Crippen MR) is 93.4 cm³/mol. The topological polar surface area (TPSA) is 76.9 Å². The van der Waals surface area contributed by atoms with Crippen LogP contribution in [0, 0.1) is 0 Å². The van der Waals surface area contributed by atoms with Crippen molar-refractivity contribution < 1.29 is 4.79 Å². The summed E-state index contributed by atoms with van der Waals surface area (Å²) in [5.74, 6) is -0.192. The molecule has 1 aliphatic carbocycles. The van der Waals surface area contributed by atoms with E-state index in [0.717, 1.165) is 25.0 Å². The van der Waals surface area contributed by atoms with Crippen molar-refractivity contribution in [1.82, 2.24) is 14.8 Å². The number of hydrogen-bond donors (Lipinski definition) is 1. The van der Waals surface area contributed by atoms with Gasteiger partial charge in [-0.15, -0.1) is 11.3 Å². The predicted octanol–water partition coefficient (Wildman–Crippen LogP) is 2.37. The van der Waals surface area contributed by atoms with Crippen molar-refractivity contribution in [3.8, 4) is 0 Å². The van der Waals surface area contributed by atoms with Crippen molar-refractivity contribution in [3.63, 3.8) is 0 Å². The van der Waals surface area contributed by atoms with Gasteiger partial charge in [0, 0.05) is 10.3 Å². The third-order valence-electron chi connectivity index (χ3n) is 4.15. The number of carbonyl (C=O) groups excluding carboxylic acids is 1. The fourth-order valence-corrected chi connectivity index (χ4v) is 4.05. The first-order valence-corrected chi connectivity index (χ1v) is 8.75. The van der Waals surface area contributed by atoms with Crippen LogP contribution in [-0.2, 0) is 24.2 Å². The van der Waals surface area contributed by atoms with E-state index >= 15 is 0 Å². The maximum atomic E-state index is 12.3. The Bertz CT molecular complexity index is 953. The van der Waals surface area contributed by atoms with Crippen LogP contribution in [0.4, 0.5) is 5.13 Å². The van der Waals surface area contributed by atoms with Gasteiger partial charge in [-0.3, -0.25) is 14.3 Å². The molecule has 0 saturated heterocycles. The minimum absolute atomic E-state index is 0.0467. The van der Waals surface area contributed by atoms with Crippen molar-refractivity contribution in [2.75, 3.05) is 5.32 Å². The van der Waals surface area contributed by atoms with Crippen LogP contribution < -0.4 is 10.7 Å². The van der Waals surface area contributed by atoms with E-state index in [1.54, 1.807) is 34.2 Å². The van der Waals surface area contributed by atoms with Gasteiger partial charge in [0.15, 0.2) is 5.13 Å². The van der Waals surface area contributed by atoms with Crippen LogP contribution in [0.3, 0.4) is 0 Å². The zero-order valence-corrected chi connectivity index (χ0v) is 13.8. The molecule has 2 heterocycles. The van der Waals surface area contributed by atoms with E-state index in [9.17, 15) is 9.59 Å². The molecule has 122 valence electrons. The van der Waals surface area contributed by atoms with Gasteiger partial charge in [-0.25, -0.2) is 4.98 Å². The van der Waals surface area contributed by atoms with Crippen LogP contribution in [0.25, 0.3) is 10.9 Å². The number of nitrogens with zero attached hydrogens (tertiary/aromatic N) is 3.